The van der Waals surface area contributed by atoms with Gasteiger partial charge in [0.2, 0.25) is 5.78 Å². The molecule has 0 saturated heterocycles. The molecule has 0 atom stereocenters. The van der Waals surface area contributed by atoms with E-state index in [1.165, 1.54) is 5.56 Å². The van der Waals surface area contributed by atoms with Gasteiger partial charge in [-0.15, -0.1) is 0 Å². The summed E-state index contributed by atoms with van der Waals surface area (Å²) < 4.78 is 0. The van der Waals surface area contributed by atoms with Crippen LogP contribution < -0.4 is 0 Å². The van der Waals surface area contributed by atoms with E-state index in [0.717, 1.165) is 19.3 Å². The molecule has 1 aromatic carbocycles. The number of carbonyl (C=O) groups is 1. The SMILES string of the molecule is CCCC#CC(=O)CCc1ccccc1. The monoisotopic (exact) mass is 200 g/mol. The van der Waals surface area contributed by atoms with Crippen LogP contribution in [-0.4, -0.2) is 5.78 Å². The number of ketones is 1. The molecular weight excluding hydrogens is 184 g/mol. The second-order valence-electron chi connectivity index (χ2n) is 3.46. The third kappa shape index (κ3) is 5.02. The Bertz CT molecular complexity index is 354. The van der Waals surface area contributed by atoms with Crippen LogP contribution in [0.25, 0.3) is 0 Å². The second-order valence-corrected chi connectivity index (χ2v) is 3.46. The first kappa shape index (κ1) is 11.5. The van der Waals surface area contributed by atoms with E-state index in [-0.39, 0.29) is 5.78 Å². The molecular formula is C14H16O. The highest BCUT2D eigenvalue weighted by atomic mass is 16.1. The van der Waals surface area contributed by atoms with Crippen molar-refractivity contribution in [2.24, 2.45) is 0 Å². The minimum Gasteiger partial charge on any atom is -0.285 e. The van der Waals surface area contributed by atoms with Crippen molar-refractivity contribution < 1.29 is 4.79 Å². The number of carbonyl (C=O) groups excluding carboxylic acids is 1. The van der Waals surface area contributed by atoms with Crippen LogP contribution in [-0.2, 0) is 11.2 Å². The first-order valence-electron chi connectivity index (χ1n) is 5.38. The van der Waals surface area contributed by atoms with E-state index >= 15 is 0 Å². The minimum absolute atomic E-state index is 0.0484. The van der Waals surface area contributed by atoms with Gasteiger partial charge in [0.15, 0.2) is 0 Å². The smallest absolute Gasteiger partial charge is 0.205 e. The van der Waals surface area contributed by atoms with E-state index in [2.05, 4.69) is 18.8 Å². The number of unbranched alkanes of at least 4 members (excludes halogenated alkanes) is 1. The summed E-state index contributed by atoms with van der Waals surface area (Å²) in [6, 6.07) is 10.0. The van der Waals surface area contributed by atoms with Gasteiger partial charge in [-0.1, -0.05) is 43.2 Å². The third-order valence-electron chi connectivity index (χ3n) is 2.09. The van der Waals surface area contributed by atoms with Gasteiger partial charge in [-0.05, 0) is 24.3 Å². The number of hydrogen-bond donors (Lipinski definition) is 0. The molecule has 0 unspecified atom stereocenters. The maximum Gasteiger partial charge on any atom is 0.205 e. The van der Waals surface area contributed by atoms with Gasteiger partial charge in [0.05, 0.1) is 0 Å². The Morgan fingerprint density at radius 2 is 2.00 bits per heavy atom. The van der Waals surface area contributed by atoms with Gasteiger partial charge in [0.25, 0.3) is 0 Å². The number of hydrogen-bond acceptors (Lipinski definition) is 1. The van der Waals surface area contributed by atoms with Crippen LogP contribution in [0.3, 0.4) is 0 Å². The molecule has 0 amide bonds. The molecule has 1 rings (SSSR count). The van der Waals surface area contributed by atoms with E-state index in [1.807, 2.05) is 30.3 Å². The van der Waals surface area contributed by atoms with Gasteiger partial charge in [0, 0.05) is 12.8 Å². The molecule has 0 bridgehead atoms. The van der Waals surface area contributed by atoms with Crippen LogP contribution in [0.5, 0.6) is 0 Å². The highest BCUT2D eigenvalue weighted by Gasteiger charge is 1.97. The van der Waals surface area contributed by atoms with Crippen LogP contribution in [0.4, 0.5) is 0 Å². The molecule has 0 aliphatic carbocycles. The fourth-order valence-corrected chi connectivity index (χ4v) is 1.25. The van der Waals surface area contributed by atoms with E-state index in [4.69, 9.17) is 0 Å². The molecule has 1 heteroatoms. The van der Waals surface area contributed by atoms with Crippen molar-refractivity contribution in [2.45, 2.75) is 32.6 Å². The standard InChI is InChI=1S/C14H16O/c1-2-3-5-10-14(15)12-11-13-8-6-4-7-9-13/h4,6-9H,2-3,11-12H2,1H3. The summed E-state index contributed by atoms with van der Waals surface area (Å²) in [5.41, 5.74) is 1.20. The summed E-state index contributed by atoms with van der Waals surface area (Å²) in [6.45, 7) is 2.06. The van der Waals surface area contributed by atoms with Crippen LogP contribution in [0.15, 0.2) is 30.3 Å². The molecule has 0 aromatic heterocycles. The van der Waals surface area contributed by atoms with Gasteiger partial charge < -0.3 is 0 Å². The molecule has 1 nitrogen and oxygen atoms in total. The molecule has 0 N–H and O–H groups in total. The number of rotatable bonds is 4. The van der Waals surface area contributed by atoms with Crippen LogP contribution in [0.2, 0.25) is 0 Å². The van der Waals surface area contributed by atoms with E-state index < -0.39 is 0 Å². The summed E-state index contributed by atoms with van der Waals surface area (Å²) in [6.07, 6.45) is 3.15. The lowest BCUT2D eigenvalue weighted by atomic mass is 10.1. The topological polar surface area (TPSA) is 17.1 Å². The van der Waals surface area contributed by atoms with Crippen LogP contribution >= 0.6 is 0 Å². The zero-order valence-corrected chi connectivity index (χ0v) is 9.12. The van der Waals surface area contributed by atoms with E-state index in [1.54, 1.807) is 0 Å². The Labute approximate surface area is 91.5 Å². The number of benzene rings is 1. The molecule has 0 saturated carbocycles. The van der Waals surface area contributed by atoms with Crippen molar-refractivity contribution >= 4 is 5.78 Å². The van der Waals surface area contributed by atoms with Gasteiger partial charge in [-0.25, -0.2) is 0 Å². The van der Waals surface area contributed by atoms with Gasteiger partial charge in [-0.2, -0.15) is 0 Å². The van der Waals surface area contributed by atoms with Crippen molar-refractivity contribution in [2.75, 3.05) is 0 Å². The molecule has 0 fully saturated rings. The zero-order valence-electron chi connectivity index (χ0n) is 9.12. The quantitative estimate of drug-likeness (QED) is 0.539. The Balaban J connectivity index is 2.33. The van der Waals surface area contributed by atoms with Crippen LogP contribution in [0.1, 0.15) is 31.7 Å². The van der Waals surface area contributed by atoms with Crippen molar-refractivity contribution in [3.05, 3.63) is 35.9 Å². The molecule has 0 heterocycles. The largest absolute Gasteiger partial charge is 0.285 e. The predicted molar refractivity (Wildman–Crippen MR) is 62.5 cm³/mol. The highest BCUT2D eigenvalue weighted by molar-refractivity contribution is 5.95. The van der Waals surface area contributed by atoms with Gasteiger partial charge in [-0.3, -0.25) is 4.79 Å². The maximum absolute atomic E-state index is 11.3. The van der Waals surface area contributed by atoms with E-state index in [9.17, 15) is 4.79 Å². The molecule has 0 aliphatic heterocycles. The Morgan fingerprint density at radius 1 is 1.27 bits per heavy atom. The normalized spacial score (nSPS) is 9.13. The first-order valence-corrected chi connectivity index (χ1v) is 5.38. The number of aryl methyl sites for hydroxylation is 1. The molecule has 1 aromatic rings. The van der Waals surface area contributed by atoms with Crippen molar-refractivity contribution in [1.82, 2.24) is 0 Å². The van der Waals surface area contributed by atoms with Crippen LogP contribution in [0, 0.1) is 11.8 Å². The average Bonchev–Trinajstić information content (AvgIpc) is 2.28. The van der Waals surface area contributed by atoms with E-state index in [0.29, 0.717) is 6.42 Å². The summed E-state index contributed by atoms with van der Waals surface area (Å²) >= 11 is 0. The molecule has 78 valence electrons. The first-order chi connectivity index (χ1) is 7.33. The maximum atomic E-state index is 11.3. The minimum atomic E-state index is 0.0484. The number of Topliss-reactive ketones (excluding diaryl/α,β-unsaturated/α-hetero) is 1. The fourth-order valence-electron chi connectivity index (χ4n) is 1.25. The highest BCUT2D eigenvalue weighted by Crippen LogP contribution is 2.02. The molecule has 0 radical (unpaired) electrons. The summed E-state index contributed by atoms with van der Waals surface area (Å²) in [5, 5.41) is 0. The van der Waals surface area contributed by atoms with Crippen molar-refractivity contribution in [3.63, 3.8) is 0 Å². The average molecular weight is 200 g/mol. The second kappa shape index (κ2) is 6.84. The predicted octanol–water partition coefficient (Wildman–Crippen LogP) is 2.99. The summed E-state index contributed by atoms with van der Waals surface area (Å²) in [5.74, 6) is 5.58. The summed E-state index contributed by atoms with van der Waals surface area (Å²) in [7, 11) is 0. The lowest BCUT2D eigenvalue weighted by molar-refractivity contribution is -0.113. The van der Waals surface area contributed by atoms with Gasteiger partial charge in [0.1, 0.15) is 0 Å². The van der Waals surface area contributed by atoms with Crippen molar-refractivity contribution in [1.29, 1.82) is 0 Å². The Kier molecular flexibility index (Phi) is 5.25. The Morgan fingerprint density at radius 3 is 2.67 bits per heavy atom. The van der Waals surface area contributed by atoms with Crippen molar-refractivity contribution in [3.8, 4) is 11.8 Å². The lowest BCUT2D eigenvalue weighted by Gasteiger charge is -1.96. The summed E-state index contributed by atoms with van der Waals surface area (Å²) in [4.78, 5) is 11.3. The Hall–Kier alpha value is -1.55. The molecule has 0 spiro atoms. The molecule has 0 aliphatic rings. The van der Waals surface area contributed by atoms with Gasteiger partial charge >= 0.3 is 0 Å². The fraction of sp³-hybridized carbons (Fsp3) is 0.357. The molecule has 15 heavy (non-hydrogen) atoms. The lowest BCUT2D eigenvalue weighted by Crippen LogP contribution is -1.96. The third-order valence-corrected chi connectivity index (χ3v) is 2.09. The zero-order chi connectivity index (χ0) is 10.9.